The number of ether oxygens (including phenoxy) is 2. The number of nitrogens with zero attached hydrogens (tertiary/aromatic N) is 2. The van der Waals surface area contributed by atoms with Crippen molar-refractivity contribution >= 4 is 51.2 Å². The molecule has 202 valence electrons. The first kappa shape index (κ1) is 27.0. The predicted molar refractivity (Wildman–Crippen MR) is 154 cm³/mol. The van der Waals surface area contributed by atoms with Gasteiger partial charge in [0.05, 0.1) is 11.3 Å². The molecule has 1 aliphatic rings. The molecule has 1 atom stereocenters. The molecule has 0 saturated carbocycles. The fraction of sp³-hybridized carbons (Fsp3) is 0.133. The fourth-order valence-electron chi connectivity index (χ4n) is 4.23. The molecule has 10 heteroatoms. The van der Waals surface area contributed by atoms with Crippen molar-refractivity contribution in [2.75, 3.05) is 11.5 Å². The zero-order valence-electron chi connectivity index (χ0n) is 21.4. The predicted octanol–water partition coefficient (Wildman–Crippen LogP) is 6.06. The van der Waals surface area contributed by atoms with Gasteiger partial charge in [-0.1, -0.05) is 60.4 Å². The zero-order chi connectivity index (χ0) is 28.2. The van der Waals surface area contributed by atoms with Crippen LogP contribution in [0.25, 0.3) is 5.76 Å². The highest BCUT2D eigenvalue weighted by atomic mass is 32.1. The summed E-state index contributed by atoms with van der Waals surface area (Å²) >= 11 is 2.29. The first-order valence-electron chi connectivity index (χ1n) is 12.3. The summed E-state index contributed by atoms with van der Waals surface area (Å²) in [5.74, 6) is -2.01. The number of esters is 1. The lowest BCUT2D eigenvalue weighted by molar-refractivity contribution is -0.132. The van der Waals surface area contributed by atoms with Crippen molar-refractivity contribution in [3.63, 3.8) is 0 Å². The van der Waals surface area contributed by atoms with Crippen molar-refractivity contribution in [2.45, 2.75) is 19.6 Å². The Morgan fingerprint density at radius 1 is 1.10 bits per heavy atom. The second-order valence-corrected chi connectivity index (χ2v) is 10.7. The molecule has 5 rings (SSSR count). The summed E-state index contributed by atoms with van der Waals surface area (Å²) in [6.45, 7) is 5.57. The molecule has 2 aromatic heterocycles. The number of benzene rings is 2. The van der Waals surface area contributed by atoms with Gasteiger partial charge >= 0.3 is 11.9 Å². The SMILES string of the molecule is C=CCOC(=O)c1sc(N2C(=O)C(=O)/C(=C(/O)c3ccc(OCc4ccccc4)cc3)C2c2cccs2)nc1C. The van der Waals surface area contributed by atoms with Crippen LogP contribution < -0.4 is 9.64 Å². The van der Waals surface area contributed by atoms with Gasteiger partial charge in [-0.3, -0.25) is 14.5 Å². The van der Waals surface area contributed by atoms with Crippen LogP contribution in [0.5, 0.6) is 5.75 Å². The highest BCUT2D eigenvalue weighted by Gasteiger charge is 2.49. The number of Topliss-reactive ketones (excluding diaryl/α,β-unsaturated/α-hetero) is 1. The van der Waals surface area contributed by atoms with Crippen molar-refractivity contribution in [1.82, 2.24) is 4.98 Å². The molecule has 0 bridgehead atoms. The first-order valence-corrected chi connectivity index (χ1v) is 14.0. The summed E-state index contributed by atoms with van der Waals surface area (Å²) in [5.41, 5.74) is 1.68. The minimum Gasteiger partial charge on any atom is -0.507 e. The number of ketones is 1. The van der Waals surface area contributed by atoms with Gasteiger partial charge in [0.15, 0.2) is 5.13 Å². The van der Waals surface area contributed by atoms with Crippen LogP contribution in [-0.2, 0) is 20.9 Å². The monoisotopic (exact) mass is 572 g/mol. The van der Waals surface area contributed by atoms with Crippen LogP contribution in [0.4, 0.5) is 5.13 Å². The fourth-order valence-corrected chi connectivity index (χ4v) is 6.04. The molecule has 0 radical (unpaired) electrons. The molecule has 2 aromatic carbocycles. The number of hydrogen-bond acceptors (Lipinski definition) is 9. The second-order valence-electron chi connectivity index (χ2n) is 8.78. The Morgan fingerprint density at radius 3 is 2.52 bits per heavy atom. The minimum absolute atomic E-state index is 0.0291. The maximum absolute atomic E-state index is 13.3. The number of aryl methyl sites for hydroxylation is 1. The molecule has 40 heavy (non-hydrogen) atoms. The number of anilines is 1. The summed E-state index contributed by atoms with van der Waals surface area (Å²) < 4.78 is 11.0. The number of carbonyl (C=O) groups is 3. The number of hydrogen-bond donors (Lipinski definition) is 1. The van der Waals surface area contributed by atoms with Crippen molar-refractivity contribution in [1.29, 1.82) is 0 Å². The molecule has 3 heterocycles. The Labute approximate surface area is 238 Å². The zero-order valence-corrected chi connectivity index (χ0v) is 23.0. The number of carbonyl (C=O) groups excluding carboxylic acids is 3. The average molecular weight is 573 g/mol. The van der Waals surface area contributed by atoms with Crippen molar-refractivity contribution in [3.05, 3.63) is 117 Å². The standard InChI is InChI=1S/C30H24N2O6S2/c1-3-15-37-29(36)27-18(2)31-30(40-27)32-24(22-10-7-16-39-22)23(26(34)28(32)35)25(33)20-11-13-21(14-12-20)38-17-19-8-5-4-6-9-19/h3-14,16,24,33H,1,15,17H2,2H3/b25-23+. The topological polar surface area (TPSA) is 106 Å². The number of thiazole rings is 1. The van der Waals surface area contributed by atoms with Gasteiger partial charge < -0.3 is 14.6 Å². The quantitative estimate of drug-likeness (QED) is 0.0854. The summed E-state index contributed by atoms with van der Waals surface area (Å²) in [6, 6.07) is 19.0. The van der Waals surface area contributed by atoms with Gasteiger partial charge in [-0.2, -0.15) is 0 Å². The first-order chi connectivity index (χ1) is 19.4. The van der Waals surface area contributed by atoms with Gasteiger partial charge in [0.2, 0.25) is 0 Å². The van der Waals surface area contributed by atoms with Gasteiger partial charge in [-0.15, -0.1) is 11.3 Å². The van der Waals surface area contributed by atoms with Crippen LogP contribution in [0.3, 0.4) is 0 Å². The maximum atomic E-state index is 13.3. The van der Waals surface area contributed by atoms with E-state index in [1.165, 1.54) is 22.3 Å². The van der Waals surface area contributed by atoms with Gasteiger partial charge in [-0.05, 0) is 48.2 Å². The van der Waals surface area contributed by atoms with Crippen LogP contribution in [-0.4, -0.2) is 34.4 Å². The Balaban J connectivity index is 1.48. The third kappa shape index (κ3) is 5.31. The largest absolute Gasteiger partial charge is 0.507 e. The third-order valence-electron chi connectivity index (χ3n) is 6.14. The van der Waals surface area contributed by atoms with Crippen LogP contribution in [0.2, 0.25) is 0 Å². The number of thiophene rings is 1. The van der Waals surface area contributed by atoms with Crippen LogP contribution in [0.1, 0.15) is 37.4 Å². The number of amides is 1. The van der Waals surface area contributed by atoms with E-state index < -0.39 is 23.7 Å². The molecule has 1 fully saturated rings. The normalized spacial score (nSPS) is 16.2. The van der Waals surface area contributed by atoms with Crippen molar-refractivity contribution in [2.24, 2.45) is 0 Å². The molecule has 1 unspecified atom stereocenters. The number of rotatable bonds is 9. The Bertz CT molecular complexity index is 1590. The molecule has 1 amide bonds. The number of aliphatic hydroxyl groups excluding tert-OH is 1. The molecule has 1 saturated heterocycles. The summed E-state index contributed by atoms with van der Waals surface area (Å²) in [7, 11) is 0. The molecule has 8 nitrogen and oxygen atoms in total. The van der Waals surface area contributed by atoms with E-state index in [1.807, 2.05) is 35.7 Å². The highest BCUT2D eigenvalue weighted by molar-refractivity contribution is 7.18. The van der Waals surface area contributed by atoms with Crippen molar-refractivity contribution in [3.8, 4) is 5.75 Å². The summed E-state index contributed by atoms with van der Waals surface area (Å²) in [6.07, 6.45) is 1.45. The summed E-state index contributed by atoms with van der Waals surface area (Å²) in [5, 5.41) is 13.3. The number of aromatic nitrogens is 1. The van der Waals surface area contributed by atoms with E-state index in [4.69, 9.17) is 9.47 Å². The molecule has 4 aromatic rings. The molecular weight excluding hydrogens is 548 g/mol. The van der Waals surface area contributed by atoms with Crippen molar-refractivity contribution < 1.29 is 29.0 Å². The van der Waals surface area contributed by atoms with E-state index in [9.17, 15) is 19.5 Å². The van der Waals surface area contributed by atoms with Crippen LogP contribution >= 0.6 is 22.7 Å². The Morgan fingerprint density at radius 2 is 1.85 bits per heavy atom. The smallest absolute Gasteiger partial charge is 0.350 e. The lowest BCUT2D eigenvalue weighted by Gasteiger charge is -2.21. The van der Waals surface area contributed by atoms with E-state index in [0.717, 1.165) is 16.9 Å². The third-order valence-corrected chi connectivity index (χ3v) is 8.20. The second kappa shape index (κ2) is 11.7. The highest BCUT2D eigenvalue weighted by Crippen LogP contribution is 2.45. The minimum atomic E-state index is -0.920. The van der Waals surface area contributed by atoms with E-state index in [-0.39, 0.29) is 27.9 Å². The van der Waals surface area contributed by atoms with Gasteiger partial charge in [0, 0.05) is 10.4 Å². The average Bonchev–Trinajstić information content (AvgIpc) is 3.70. The van der Waals surface area contributed by atoms with E-state index >= 15 is 0 Å². The Hall–Kier alpha value is -4.54. The van der Waals surface area contributed by atoms with Gasteiger partial charge in [0.1, 0.15) is 35.6 Å². The molecule has 0 aliphatic carbocycles. The van der Waals surface area contributed by atoms with Crippen LogP contribution in [0.15, 0.2) is 90.3 Å². The van der Waals surface area contributed by atoms with E-state index in [1.54, 1.807) is 43.3 Å². The van der Waals surface area contributed by atoms with Crippen LogP contribution in [0, 0.1) is 6.92 Å². The molecule has 0 spiro atoms. The molecule has 1 aliphatic heterocycles. The lowest BCUT2D eigenvalue weighted by atomic mass is 10.00. The summed E-state index contributed by atoms with van der Waals surface area (Å²) in [4.78, 5) is 45.7. The van der Waals surface area contributed by atoms with E-state index in [0.29, 0.717) is 28.5 Å². The Kier molecular flexibility index (Phi) is 7.90. The molecular formula is C30H24N2O6S2. The number of aliphatic hydroxyl groups is 1. The maximum Gasteiger partial charge on any atom is 0.350 e. The molecule has 1 N–H and O–H groups in total. The van der Waals surface area contributed by atoms with Gasteiger partial charge in [-0.25, -0.2) is 9.78 Å². The lowest BCUT2D eigenvalue weighted by Crippen LogP contribution is -2.29. The van der Waals surface area contributed by atoms with E-state index in [2.05, 4.69) is 11.6 Å². The van der Waals surface area contributed by atoms with Gasteiger partial charge in [0.25, 0.3) is 5.78 Å².